The lowest BCUT2D eigenvalue weighted by Gasteiger charge is -2.22. The molecule has 1 N–H and O–H groups in total. The highest BCUT2D eigenvalue weighted by molar-refractivity contribution is 7.16. The molecule has 0 atom stereocenters. The van der Waals surface area contributed by atoms with Gasteiger partial charge in [-0.25, -0.2) is 0 Å². The Kier molecular flexibility index (Phi) is 5.72. The summed E-state index contributed by atoms with van der Waals surface area (Å²) in [4.78, 5) is 2.20. The molecule has 1 heterocycles. The van der Waals surface area contributed by atoms with E-state index in [-0.39, 0.29) is 6.54 Å². The van der Waals surface area contributed by atoms with Crippen LogP contribution < -0.4 is 5.32 Å². The van der Waals surface area contributed by atoms with E-state index in [1.165, 1.54) is 16.2 Å². The van der Waals surface area contributed by atoms with Crippen molar-refractivity contribution in [3.05, 3.63) is 21.3 Å². The molecule has 0 spiro atoms. The summed E-state index contributed by atoms with van der Waals surface area (Å²) in [5.41, 5.74) is 0. The molecular weight excluding hydrogens is 273 g/mol. The molecule has 0 bridgehead atoms. The Morgan fingerprint density at radius 2 is 2.12 bits per heavy atom. The lowest BCUT2D eigenvalue weighted by molar-refractivity contribution is -0.146. The second-order valence-electron chi connectivity index (χ2n) is 3.64. The Morgan fingerprint density at radius 1 is 1.41 bits per heavy atom. The molecule has 0 unspecified atom stereocenters. The Hall–Kier alpha value is -0.300. The highest BCUT2D eigenvalue weighted by Crippen LogP contribution is 2.24. The summed E-state index contributed by atoms with van der Waals surface area (Å²) >= 11 is 7.06. The van der Waals surface area contributed by atoms with E-state index < -0.39 is 12.7 Å². The third-order valence-corrected chi connectivity index (χ3v) is 3.31. The molecule has 2 nitrogen and oxygen atoms in total. The monoisotopic (exact) mass is 286 g/mol. The van der Waals surface area contributed by atoms with Gasteiger partial charge in [0, 0.05) is 24.5 Å². The number of rotatable bonds is 6. The second-order valence-corrected chi connectivity index (χ2v) is 5.43. The zero-order valence-corrected chi connectivity index (χ0v) is 10.9. The molecule has 1 aromatic rings. The van der Waals surface area contributed by atoms with Gasteiger partial charge in [0.15, 0.2) is 0 Å². The lowest BCUT2D eigenvalue weighted by Crippen LogP contribution is -2.37. The van der Waals surface area contributed by atoms with Crippen LogP contribution in [-0.2, 0) is 6.54 Å². The van der Waals surface area contributed by atoms with Crippen LogP contribution in [0.25, 0.3) is 0 Å². The van der Waals surface area contributed by atoms with Crippen molar-refractivity contribution in [1.82, 2.24) is 10.2 Å². The molecule has 0 fully saturated rings. The van der Waals surface area contributed by atoms with Gasteiger partial charge in [-0.3, -0.25) is 4.90 Å². The highest BCUT2D eigenvalue weighted by Gasteiger charge is 2.30. The van der Waals surface area contributed by atoms with Crippen molar-refractivity contribution in [2.75, 3.05) is 26.7 Å². The third-order valence-electron chi connectivity index (χ3n) is 2.09. The van der Waals surface area contributed by atoms with Crippen molar-refractivity contribution < 1.29 is 13.2 Å². The average molecular weight is 287 g/mol. The number of hydrogen-bond donors (Lipinski definition) is 1. The van der Waals surface area contributed by atoms with Crippen LogP contribution in [-0.4, -0.2) is 37.8 Å². The smallest absolute Gasteiger partial charge is 0.318 e. The van der Waals surface area contributed by atoms with Gasteiger partial charge in [-0.05, 0) is 19.2 Å². The Morgan fingerprint density at radius 3 is 2.59 bits per heavy atom. The van der Waals surface area contributed by atoms with Gasteiger partial charge < -0.3 is 5.32 Å². The first-order valence-corrected chi connectivity index (χ1v) is 6.28. The topological polar surface area (TPSA) is 15.3 Å². The molecule has 17 heavy (non-hydrogen) atoms. The number of nitrogens with zero attached hydrogens (tertiary/aromatic N) is 1. The fraction of sp³-hybridized carbons (Fsp3) is 0.600. The SMILES string of the molecule is CNCCN(Cc1ccc(Cl)s1)CC(F)(F)F. The molecular formula is C10H14ClF3N2S. The largest absolute Gasteiger partial charge is 0.401 e. The maximum absolute atomic E-state index is 12.4. The fourth-order valence-electron chi connectivity index (χ4n) is 1.39. The Bertz CT molecular complexity index is 341. The van der Waals surface area contributed by atoms with Gasteiger partial charge in [-0.1, -0.05) is 11.6 Å². The van der Waals surface area contributed by atoms with Crippen molar-refractivity contribution >= 4 is 22.9 Å². The summed E-state index contributed by atoms with van der Waals surface area (Å²) in [7, 11) is 1.72. The normalized spacial score (nSPS) is 12.4. The van der Waals surface area contributed by atoms with Crippen molar-refractivity contribution in [3.63, 3.8) is 0 Å². The maximum atomic E-state index is 12.4. The van der Waals surface area contributed by atoms with Gasteiger partial charge >= 0.3 is 6.18 Å². The minimum absolute atomic E-state index is 0.276. The van der Waals surface area contributed by atoms with E-state index in [0.29, 0.717) is 17.4 Å². The van der Waals surface area contributed by atoms with Gasteiger partial charge in [0.2, 0.25) is 0 Å². The molecule has 7 heteroatoms. The molecule has 0 aromatic carbocycles. The van der Waals surface area contributed by atoms with Crippen LogP contribution in [0.2, 0.25) is 4.34 Å². The average Bonchev–Trinajstić information content (AvgIpc) is 2.58. The number of alkyl halides is 3. The molecule has 0 saturated heterocycles. The van der Waals surface area contributed by atoms with Crippen LogP contribution in [0.4, 0.5) is 13.2 Å². The predicted octanol–water partition coefficient (Wildman–Crippen LogP) is 2.99. The quantitative estimate of drug-likeness (QED) is 0.865. The zero-order chi connectivity index (χ0) is 12.9. The first kappa shape index (κ1) is 14.8. The van der Waals surface area contributed by atoms with Crippen LogP contribution in [0.5, 0.6) is 0 Å². The second kappa shape index (κ2) is 6.58. The van der Waals surface area contributed by atoms with E-state index in [0.717, 1.165) is 4.88 Å². The number of nitrogens with one attached hydrogen (secondary N) is 1. The van der Waals surface area contributed by atoms with E-state index in [1.807, 2.05) is 0 Å². The summed E-state index contributed by atoms with van der Waals surface area (Å²) in [6.45, 7) is 0.253. The summed E-state index contributed by atoms with van der Waals surface area (Å²) in [5.74, 6) is 0. The number of halogens is 4. The van der Waals surface area contributed by atoms with Crippen LogP contribution >= 0.6 is 22.9 Å². The minimum atomic E-state index is -4.17. The van der Waals surface area contributed by atoms with Gasteiger partial charge in [-0.15, -0.1) is 11.3 Å². The van der Waals surface area contributed by atoms with Crippen molar-refractivity contribution in [2.45, 2.75) is 12.7 Å². The van der Waals surface area contributed by atoms with Crippen molar-refractivity contribution in [1.29, 1.82) is 0 Å². The summed E-state index contributed by atoms with van der Waals surface area (Å²) in [6, 6.07) is 3.46. The molecule has 0 radical (unpaired) electrons. The number of likely N-dealkylation sites (N-methyl/N-ethyl adjacent to an activating group) is 1. The predicted molar refractivity (Wildman–Crippen MR) is 64.6 cm³/mol. The Balaban J connectivity index is 2.56. The van der Waals surface area contributed by atoms with E-state index in [1.54, 1.807) is 19.2 Å². The van der Waals surface area contributed by atoms with E-state index in [9.17, 15) is 13.2 Å². The first-order chi connectivity index (χ1) is 7.90. The maximum Gasteiger partial charge on any atom is 0.401 e. The molecule has 98 valence electrons. The van der Waals surface area contributed by atoms with Crippen LogP contribution in [0.1, 0.15) is 4.88 Å². The summed E-state index contributed by atoms with van der Waals surface area (Å²) in [5, 5.41) is 2.84. The zero-order valence-electron chi connectivity index (χ0n) is 9.35. The van der Waals surface area contributed by atoms with Crippen LogP contribution in [0.15, 0.2) is 12.1 Å². The third kappa shape index (κ3) is 6.26. The first-order valence-electron chi connectivity index (χ1n) is 5.08. The highest BCUT2D eigenvalue weighted by atomic mass is 35.5. The van der Waals surface area contributed by atoms with Gasteiger partial charge in [0.25, 0.3) is 0 Å². The standard InChI is InChI=1S/C10H14ClF3N2S/c1-15-4-5-16(7-10(12,13)14)6-8-2-3-9(11)17-8/h2-3,15H,4-7H2,1H3. The van der Waals surface area contributed by atoms with E-state index in [4.69, 9.17) is 11.6 Å². The van der Waals surface area contributed by atoms with Crippen LogP contribution in [0, 0.1) is 0 Å². The van der Waals surface area contributed by atoms with E-state index >= 15 is 0 Å². The van der Waals surface area contributed by atoms with Gasteiger partial charge in [0.05, 0.1) is 10.9 Å². The molecule has 0 aliphatic rings. The minimum Gasteiger partial charge on any atom is -0.318 e. The number of hydrogen-bond acceptors (Lipinski definition) is 3. The molecule has 1 rings (SSSR count). The van der Waals surface area contributed by atoms with Crippen LogP contribution in [0.3, 0.4) is 0 Å². The van der Waals surface area contributed by atoms with E-state index in [2.05, 4.69) is 5.32 Å². The summed E-state index contributed by atoms with van der Waals surface area (Å²) in [6.07, 6.45) is -4.17. The Labute approximate surface area is 107 Å². The van der Waals surface area contributed by atoms with Crippen molar-refractivity contribution in [3.8, 4) is 0 Å². The fourth-order valence-corrected chi connectivity index (χ4v) is 2.52. The van der Waals surface area contributed by atoms with Gasteiger partial charge in [0.1, 0.15) is 0 Å². The lowest BCUT2D eigenvalue weighted by atomic mass is 10.4. The van der Waals surface area contributed by atoms with Gasteiger partial charge in [-0.2, -0.15) is 13.2 Å². The molecule has 0 saturated carbocycles. The van der Waals surface area contributed by atoms with Crippen molar-refractivity contribution in [2.24, 2.45) is 0 Å². The molecule has 1 aromatic heterocycles. The molecule has 0 amide bonds. The summed E-state index contributed by atoms with van der Waals surface area (Å²) < 4.78 is 37.7. The number of thiophene rings is 1. The molecule has 0 aliphatic carbocycles. The molecule has 0 aliphatic heterocycles.